The van der Waals surface area contributed by atoms with Gasteiger partial charge in [0.1, 0.15) is 0 Å². The average molecular weight is 367 g/mol. The zero-order chi connectivity index (χ0) is 19.3. The van der Waals surface area contributed by atoms with Crippen molar-refractivity contribution in [2.24, 2.45) is 0 Å². The molecule has 1 aliphatic heterocycles. The van der Waals surface area contributed by atoms with Crippen molar-refractivity contribution in [1.29, 1.82) is 0 Å². The van der Waals surface area contributed by atoms with Gasteiger partial charge in [-0.05, 0) is 52.3 Å². The van der Waals surface area contributed by atoms with Crippen LogP contribution in [0.5, 0.6) is 0 Å². The van der Waals surface area contributed by atoms with Crippen molar-refractivity contribution >= 4 is 27.8 Å². The first-order chi connectivity index (χ1) is 13.6. The summed E-state index contributed by atoms with van der Waals surface area (Å²) in [5.41, 5.74) is 7.11. The van der Waals surface area contributed by atoms with Crippen molar-refractivity contribution in [3.63, 3.8) is 0 Å². The summed E-state index contributed by atoms with van der Waals surface area (Å²) in [5.74, 6) is 0.803. The van der Waals surface area contributed by atoms with Gasteiger partial charge in [0.05, 0.1) is 6.04 Å². The van der Waals surface area contributed by atoms with Gasteiger partial charge in [-0.15, -0.1) is 0 Å². The number of fused-ring (bicyclic) bond motifs is 4. The fourth-order valence-electron chi connectivity index (χ4n) is 4.73. The molecular weight excluding hydrogens is 342 g/mol. The average Bonchev–Trinajstić information content (AvgIpc) is 2.73. The lowest BCUT2D eigenvalue weighted by atomic mass is 9.76. The third-order valence-electron chi connectivity index (χ3n) is 6.21. The molecule has 0 saturated carbocycles. The molecule has 3 aromatic rings. The molecular formula is C26H25NO. The molecule has 1 N–H and O–H groups in total. The Morgan fingerprint density at radius 3 is 2.50 bits per heavy atom. The number of hydrogen-bond acceptors (Lipinski definition) is 2. The highest BCUT2D eigenvalue weighted by molar-refractivity contribution is 6.12. The Morgan fingerprint density at radius 2 is 1.71 bits per heavy atom. The second kappa shape index (κ2) is 6.63. The minimum absolute atomic E-state index is 0.0577. The van der Waals surface area contributed by atoms with Gasteiger partial charge in [0.15, 0.2) is 5.78 Å². The Morgan fingerprint density at radius 1 is 0.929 bits per heavy atom. The molecule has 2 nitrogen and oxygen atoms in total. The van der Waals surface area contributed by atoms with E-state index in [1.54, 1.807) is 0 Å². The van der Waals surface area contributed by atoms with Crippen molar-refractivity contribution in [3.8, 4) is 0 Å². The van der Waals surface area contributed by atoms with E-state index in [2.05, 4.69) is 79.8 Å². The standard InChI is InChI=1S/C26H25NO/c1-16(2)17-10-12-19(13-11-17)26-25-21(8-5-9-23(25)28)24-20-7-4-3-6-18(20)14-15-22(24)27-26/h3-4,6-7,10-16,26-27H,5,8-9H2,1-2H3/t26-/m0/s1. The summed E-state index contributed by atoms with van der Waals surface area (Å²) >= 11 is 0. The third kappa shape index (κ3) is 2.67. The Labute approximate surface area is 166 Å². The molecule has 2 heteroatoms. The zero-order valence-corrected chi connectivity index (χ0v) is 16.5. The number of Topliss-reactive ketones (excluding diaryl/α,β-unsaturated/α-hetero) is 1. The maximum atomic E-state index is 13.0. The molecule has 0 bridgehead atoms. The van der Waals surface area contributed by atoms with Gasteiger partial charge in [-0.3, -0.25) is 4.79 Å². The van der Waals surface area contributed by atoms with Crippen LogP contribution < -0.4 is 5.32 Å². The molecule has 0 radical (unpaired) electrons. The van der Waals surface area contributed by atoms with Crippen molar-refractivity contribution in [2.45, 2.75) is 45.1 Å². The lowest BCUT2D eigenvalue weighted by Crippen LogP contribution is -2.27. The summed E-state index contributed by atoms with van der Waals surface area (Å²) in [4.78, 5) is 13.0. The fourth-order valence-corrected chi connectivity index (χ4v) is 4.73. The second-order valence-corrected chi connectivity index (χ2v) is 8.28. The molecule has 140 valence electrons. The third-order valence-corrected chi connectivity index (χ3v) is 6.21. The van der Waals surface area contributed by atoms with Gasteiger partial charge in [-0.25, -0.2) is 0 Å². The van der Waals surface area contributed by atoms with Gasteiger partial charge in [-0.2, -0.15) is 0 Å². The largest absolute Gasteiger partial charge is 0.373 e. The zero-order valence-electron chi connectivity index (χ0n) is 16.5. The van der Waals surface area contributed by atoms with Gasteiger partial charge in [-0.1, -0.05) is 68.4 Å². The summed E-state index contributed by atoms with van der Waals surface area (Å²) in [6, 6.07) is 21.6. The number of nitrogens with one attached hydrogen (secondary N) is 1. The van der Waals surface area contributed by atoms with Crippen LogP contribution >= 0.6 is 0 Å². The molecule has 2 aliphatic rings. The number of carbonyl (C=O) groups excluding carboxylic acids is 1. The number of allylic oxidation sites excluding steroid dienone is 1. The molecule has 5 rings (SSSR count). The lowest BCUT2D eigenvalue weighted by molar-refractivity contribution is -0.116. The molecule has 28 heavy (non-hydrogen) atoms. The minimum Gasteiger partial charge on any atom is -0.373 e. The van der Waals surface area contributed by atoms with Crippen molar-refractivity contribution in [3.05, 3.63) is 82.9 Å². The highest BCUT2D eigenvalue weighted by atomic mass is 16.1. The summed E-state index contributed by atoms with van der Waals surface area (Å²) < 4.78 is 0. The molecule has 1 aliphatic carbocycles. The molecule has 3 aromatic carbocycles. The number of benzene rings is 3. The van der Waals surface area contributed by atoms with Gasteiger partial charge in [0.2, 0.25) is 0 Å². The normalized spacial score (nSPS) is 18.8. The Balaban J connectivity index is 1.71. The fraction of sp³-hybridized carbons (Fsp3) is 0.269. The van der Waals surface area contributed by atoms with E-state index in [4.69, 9.17) is 0 Å². The summed E-state index contributed by atoms with van der Waals surface area (Å²) in [7, 11) is 0. The summed E-state index contributed by atoms with van der Waals surface area (Å²) in [6.45, 7) is 4.42. The van der Waals surface area contributed by atoms with Crippen LogP contribution in [0.3, 0.4) is 0 Å². The minimum atomic E-state index is -0.0577. The van der Waals surface area contributed by atoms with Crippen LogP contribution in [0.15, 0.2) is 66.2 Å². The maximum absolute atomic E-state index is 13.0. The van der Waals surface area contributed by atoms with Crippen molar-refractivity contribution in [1.82, 2.24) is 0 Å². The Bertz CT molecular complexity index is 1100. The van der Waals surface area contributed by atoms with E-state index < -0.39 is 0 Å². The Hall–Kier alpha value is -2.87. The number of carbonyl (C=O) groups is 1. The summed E-state index contributed by atoms with van der Waals surface area (Å²) in [5, 5.41) is 6.17. The monoisotopic (exact) mass is 367 g/mol. The van der Waals surface area contributed by atoms with E-state index in [9.17, 15) is 4.79 Å². The van der Waals surface area contributed by atoms with Crippen LogP contribution in [-0.2, 0) is 4.79 Å². The highest BCUT2D eigenvalue weighted by Gasteiger charge is 2.34. The predicted molar refractivity (Wildman–Crippen MR) is 117 cm³/mol. The van der Waals surface area contributed by atoms with E-state index in [0.717, 1.165) is 24.1 Å². The van der Waals surface area contributed by atoms with Crippen LogP contribution in [0.1, 0.15) is 61.8 Å². The predicted octanol–water partition coefficient (Wildman–Crippen LogP) is 6.64. The first-order valence-corrected chi connectivity index (χ1v) is 10.3. The number of rotatable bonds is 2. The molecule has 0 saturated heterocycles. The summed E-state index contributed by atoms with van der Waals surface area (Å²) in [6.07, 6.45) is 2.57. The van der Waals surface area contributed by atoms with Crippen molar-refractivity contribution < 1.29 is 4.79 Å². The first-order valence-electron chi connectivity index (χ1n) is 10.3. The molecule has 0 amide bonds. The van der Waals surface area contributed by atoms with Gasteiger partial charge in [0, 0.05) is 23.2 Å². The topological polar surface area (TPSA) is 29.1 Å². The van der Waals surface area contributed by atoms with E-state index in [1.807, 2.05) is 0 Å². The SMILES string of the molecule is CC(C)c1ccc([C@@H]2Nc3ccc4ccccc4c3C3=C2C(=O)CCC3)cc1. The van der Waals surface area contributed by atoms with Gasteiger partial charge in [0.25, 0.3) is 0 Å². The van der Waals surface area contributed by atoms with E-state index in [1.165, 1.54) is 33.0 Å². The number of anilines is 1. The molecule has 0 unspecified atom stereocenters. The first kappa shape index (κ1) is 17.2. The maximum Gasteiger partial charge on any atom is 0.161 e. The second-order valence-electron chi connectivity index (χ2n) is 8.28. The van der Waals surface area contributed by atoms with Crippen LogP contribution in [-0.4, -0.2) is 5.78 Å². The van der Waals surface area contributed by atoms with Crippen molar-refractivity contribution in [2.75, 3.05) is 5.32 Å². The van der Waals surface area contributed by atoms with E-state index in [0.29, 0.717) is 18.1 Å². The van der Waals surface area contributed by atoms with E-state index >= 15 is 0 Å². The molecule has 1 heterocycles. The number of ketones is 1. The highest BCUT2D eigenvalue weighted by Crippen LogP contribution is 2.47. The smallest absolute Gasteiger partial charge is 0.161 e. The molecule has 0 spiro atoms. The van der Waals surface area contributed by atoms with Gasteiger partial charge < -0.3 is 5.32 Å². The quantitative estimate of drug-likeness (QED) is 0.550. The van der Waals surface area contributed by atoms with Crippen LogP contribution in [0.25, 0.3) is 16.3 Å². The number of hydrogen-bond donors (Lipinski definition) is 1. The van der Waals surface area contributed by atoms with E-state index in [-0.39, 0.29) is 6.04 Å². The Kier molecular flexibility index (Phi) is 4.08. The van der Waals surface area contributed by atoms with Gasteiger partial charge >= 0.3 is 0 Å². The molecule has 0 aromatic heterocycles. The lowest BCUT2D eigenvalue weighted by Gasteiger charge is -2.35. The van der Waals surface area contributed by atoms with Crippen LogP contribution in [0.4, 0.5) is 5.69 Å². The molecule has 1 atom stereocenters. The van der Waals surface area contributed by atoms with Crippen LogP contribution in [0.2, 0.25) is 0 Å². The molecule has 0 fully saturated rings. The van der Waals surface area contributed by atoms with Crippen LogP contribution in [0, 0.1) is 0 Å².